The van der Waals surface area contributed by atoms with Crippen molar-refractivity contribution in [2.45, 2.75) is 18.0 Å². The summed E-state index contributed by atoms with van der Waals surface area (Å²) in [4.78, 5) is 24.0. The summed E-state index contributed by atoms with van der Waals surface area (Å²) < 4.78 is 118. The van der Waals surface area contributed by atoms with Crippen LogP contribution in [0.15, 0.2) is 42.5 Å². The predicted octanol–water partition coefficient (Wildman–Crippen LogP) is 4.26. The number of carbonyl (C=O) groups excluding carboxylic acids is 1. The molecule has 0 saturated heterocycles. The molecule has 7 nitrogen and oxygen atoms in total. The number of hydrogen-bond donors (Lipinski definition) is 2. The Labute approximate surface area is 180 Å². The van der Waals surface area contributed by atoms with E-state index in [-0.39, 0.29) is 12.1 Å². The lowest BCUT2D eigenvalue weighted by Gasteiger charge is -2.30. The zero-order chi connectivity index (χ0) is 25.4. The van der Waals surface area contributed by atoms with Gasteiger partial charge >= 0.3 is 34.1 Å². The maximum Gasteiger partial charge on any atom is 0.435 e. The number of alkyl halides is 7. The third-order valence-electron chi connectivity index (χ3n) is 4.05. The van der Waals surface area contributed by atoms with Crippen molar-refractivity contribution in [3.8, 4) is 5.75 Å². The van der Waals surface area contributed by atoms with Gasteiger partial charge in [0.2, 0.25) is 0 Å². The minimum Gasteiger partial charge on any atom is -0.478 e. The molecule has 0 atom stereocenters. The summed E-state index contributed by atoms with van der Waals surface area (Å²) >= 11 is 0. The van der Waals surface area contributed by atoms with Crippen LogP contribution in [0.3, 0.4) is 0 Å². The zero-order valence-corrected chi connectivity index (χ0v) is 16.9. The number of carboxylic acid groups (broad SMARTS) is 1. The molecule has 1 amide bonds. The molecule has 0 radical (unpaired) electrons. The van der Waals surface area contributed by atoms with Gasteiger partial charge in [0, 0.05) is 11.3 Å². The molecule has 2 N–H and O–H groups in total. The van der Waals surface area contributed by atoms with E-state index in [1.54, 1.807) is 0 Å². The summed E-state index contributed by atoms with van der Waals surface area (Å²) in [6.45, 7) is 0. The quantitative estimate of drug-likeness (QED) is 0.450. The standard InChI is InChI=1S/C18H12F7NO6S/c1-33(30,31)32-12-4-2-3-11(13(12)15(28)29)14(27)26-10-7-5-9(6-8-10)16(19,17(20,21)22)18(23,24)25/h2-8H,1H3,(H,26,27)(H,28,29). The van der Waals surface area contributed by atoms with Gasteiger partial charge in [0.1, 0.15) is 5.56 Å². The van der Waals surface area contributed by atoms with Crippen LogP contribution in [0.2, 0.25) is 0 Å². The van der Waals surface area contributed by atoms with Crippen LogP contribution in [0.1, 0.15) is 26.3 Å². The average Bonchev–Trinajstić information content (AvgIpc) is 2.64. The monoisotopic (exact) mass is 503 g/mol. The van der Waals surface area contributed by atoms with Crippen molar-refractivity contribution < 1.29 is 58.0 Å². The van der Waals surface area contributed by atoms with Crippen molar-refractivity contribution >= 4 is 27.7 Å². The molecule has 0 bridgehead atoms. The van der Waals surface area contributed by atoms with E-state index in [2.05, 4.69) is 4.18 Å². The van der Waals surface area contributed by atoms with Gasteiger partial charge in [-0.2, -0.15) is 34.8 Å². The van der Waals surface area contributed by atoms with Gasteiger partial charge in [-0.1, -0.05) is 18.2 Å². The second-order valence-electron chi connectivity index (χ2n) is 6.46. The Hall–Kier alpha value is -3.36. The third-order valence-corrected chi connectivity index (χ3v) is 4.53. The molecule has 180 valence electrons. The van der Waals surface area contributed by atoms with Crippen LogP contribution in [0.5, 0.6) is 5.75 Å². The Kier molecular flexibility index (Phi) is 6.70. The Bertz CT molecular complexity index is 1160. The highest BCUT2D eigenvalue weighted by Gasteiger charge is 2.73. The first-order valence-electron chi connectivity index (χ1n) is 8.38. The molecule has 0 heterocycles. The van der Waals surface area contributed by atoms with Gasteiger partial charge in [0.05, 0.1) is 11.8 Å². The number of aromatic carboxylic acids is 1. The number of halogens is 7. The number of benzene rings is 2. The first-order chi connectivity index (χ1) is 14.9. The second-order valence-corrected chi connectivity index (χ2v) is 8.03. The maximum atomic E-state index is 14.1. The summed E-state index contributed by atoms with van der Waals surface area (Å²) in [5.41, 5.74) is -9.40. The first kappa shape index (κ1) is 25.9. The number of carbonyl (C=O) groups is 2. The van der Waals surface area contributed by atoms with Crippen molar-refractivity contribution in [2.24, 2.45) is 0 Å². The Balaban J connectivity index is 2.42. The van der Waals surface area contributed by atoms with E-state index in [1.807, 2.05) is 5.32 Å². The number of rotatable bonds is 6. The molecule has 0 fully saturated rings. The van der Waals surface area contributed by atoms with Crippen LogP contribution in [0, 0.1) is 0 Å². The molecular weight excluding hydrogens is 491 g/mol. The zero-order valence-electron chi connectivity index (χ0n) is 16.1. The van der Waals surface area contributed by atoms with Crippen molar-refractivity contribution in [3.63, 3.8) is 0 Å². The summed E-state index contributed by atoms with van der Waals surface area (Å²) in [5, 5.41) is 11.3. The van der Waals surface area contributed by atoms with Gasteiger partial charge < -0.3 is 14.6 Å². The molecule has 0 unspecified atom stereocenters. The van der Waals surface area contributed by atoms with E-state index in [1.165, 1.54) is 0 Å². The maximum absolute atomic E-state index is 14.1. The van der Waals surface area contributed by atoms with Crippen LogP contribution in [0.4, 0.5) is 36.4 Å². The van der Waals surface area contributed by atoms with E-state index < -0.39 is 68.1 Å². The summed E-state index contributed by atoms with van der Waals surface area (Å²) in [6, 6.07) is 4.32. The third kappa shape index (κ3) is 5.35. The van der Waals surface area contributed by atoms with E-state index in [4.69, 9.17) is 0 Å². The van der Waals surface area contributed by atoms with Crippen LogP contribution < -0.4 is 9.50 Å². The highest BCUT2D eigenvalue weighted by atomic mass is 32.2. The molecule has 0 spiro atoms. The second kappa shape index (κ2) is 8.53. The molecule has 0 saturated carbocycles. The summed E-state index contributed by atoms with van der Waals surface area (Å²) in [6.07, 6.45) is -12.0. The normalized spacial score (nSPS) is 12.8. The van der Waals surface area contributed by atoms with Gasteiger partial charge in [-0.05, 0) is 24.3 Å². The van der Waals surface area contributed by atoms with Crippen LogP contribution in [0.25, 0.3) is 0 Å². The molecule has 33 heavy (non-hydrogen) atoms. The van der Waals surface area contributed by atoms with Crippen LogP contribution in [-0.4, -0.2) is 44.0 Å². The SMILES string of the molecule is CS(=O)(=O)Oc1cccc(C(=O)Nc2ccc(C(F)(C(F)(F)F)C(F)(F)F)cc2)c1C(=O)O. The lowest BCUT2D eigenvalue weighted by Crippen LogP contribution is -2.50. The summed E-state index contributed by atoms with van der Waals surface area (Å²) in [7, 11) is -4.19. The highest BCUT2D eigenvalue weighted by molar-refractivity contribution is 7.86. The largest absolute Gasteiger partial charge is 0.478 e. The number of nitrogens with one attached hydrogen (secondary N) is 1. The van der Waals surface area contributed by atoms with Crippen molar-refractivity contribution in [3.05, 3.63) is 59.2 Å². The van der Waals surface area contributed by atoms with Crippen LogP contribution >= 0.6 is 0 Å². The summed E-state index contributed by atoms with van der Waals surface area (Å²) in [5.74, 6) is -3.71. The molecule has 2 rings (SSSR count). The molecule has 15 heteroatoms. The fourth-order valence-corrected chi connectivity index (χ4v) is 3.11. The topological polar surface area (TPSA) is 110 Å². The fourth-order valence-electron chi connectivity index (χ4n) is 2.64. The minimum absolute atomic E-state index is 0.151. The van der Waals surface area contributed by atoms with Gasteiger partial charge in [-0.25, -0.2) is 9.18 Å². The average molecular weight is 503 g/mol. The molecule has 2 aromatic rings. The smallest absolute Gasteiger partial charge is 0.435 e. The lowest BCUT2D eigenvalue weighted by molar-refractivity contribution is -0.348. The van der Waals surface area contributed by atoms with Gasteiger partial charge in [0.15, 0.2) is 5.75 Å². The Morgan fingerprint density at radius 1 is 0.909 bits per heavy atom. The van der Waals surface area contributed by atoms with Gasteiger partial charge in [-0.3, -0.25) is 4.79 Å². The van der Waals surface area contributed by atoms with E-state index >= 15 is 0 Å². The number of hydrogen-bond acceptors (Lipinski definition) is 5. The number of carboxylic acids is 1. The molecular formula is C18H12F7NO6S. The van der Waals surface area contributed by atoms with Gasteiger partial charge in [-0.15, -0.1) is 0 Å². The van der Waals surface area contributed by atoms with Crippen LogP contribution in [-0.2, 0) is 15.8 Å². The Morgan fingerprint density at radius 3 is 1.85 bits per heavy atom. The molecule has 0 aromatic heterocycles. The van der Waals surface area contributed by atoms with E-state index in [0.29, 0.717) is 18.4 Å². The van der Waals surface area contributed by atoms with Crippen molar-refractivity contribution in [1.82, 2.24) is 0 Å². The first-order valence-corrected chi connectivity index (χ1v) is 10.2. The minimum atomic E-state index is -6.33. The van der Waals surface area contributed by atoms with E-state index in [0.717, 1.165) is 18.2 Å². The Morgan fingerprint density at radius 2 is 1.42 bits per heavy atom. The van der Waals surface area contributed by atoms with E-state index in [9.17, 15) is 53.8 Å². The lowest BCUT2D eigenvalue weighted by atomic mass is 9.94. The number of amides is 1. The van der Waals surface area contributed by atoms with Crippen molar-refractivity contribution in [2.75, 3.05) is 11.6 Å². The predicted molar refractivity (Wildman–Crippen MR) is 98.2 cm³/mol. The molecule has 0 aliphatic carbocycles. The number of anilines is 1. The van der Waals surface area contributed by atoms with Crippen molar-refractivity contribution in [1.29, 1.82) is 0 Å². The van der Waals surface area contributed by atoms with Gasteiger partial charge in [0.25, 0.3) is 5.91 Å². The molecule has 0 aliphatic heterocycles. The fraction of sp³-hybridized carbons (Fsp3) is 0.222. The highest BCUT2D eigenvalue weighted by Crippen LogP contribution is 2.53. The molecule has 2 aromatic carbocycles. The molecule has 0 aliphatic rings.